The number of benzene rings is 2. The molecular formula is C19H13Cl2NO5S. The van der Waals surface area contributed by atoms with Gasteiger partial charge in [-0.15, -0.1) is 0 Å². The maximum absolute atomic E-state index is 12.6. The fourth-order valence-electron chi connectivity index (χ4n) is 2.41. The molecule has 1 N–H and O–H groups in total. The molecule has 2 aromatic rings. The third-order valence-corrected chi connectivity index (χ3v) is 5.25. The van der Waals surface area contributed by atoms with Gasteiger partial charge in [-0.1, -0.05) is 41.4 Å². The van der Waals surface area contributed by atoms with Crippen molar-refractivity contribution in [3.8, 4) is 5.75 Å². The lowest BCUT2D eigenvalue weighted by molar-refractivity contribution is -0.139. The first-order valence-corrected chi connectivity index (χ1v) is 9.54. The summed E-state index contributed by atoms with van der Waals surface area (Å²) in [6.45, 7) is -0.383. The molecule has 0 aliphatic carbocycles. The number of carbonyl (C=O) groups is 3. The molecule has 28 heavy (non-hydrogen) atoms. The van der Waals surface area contributed by atoms with Crippen LogP contribution in [-0.2, 0) is 16.1 Å². The van der Waals surface area contributed by atoms with Gasteiger partial charge in [0.1, 0.15) is 5.75 Å². The van der Waals surface area contributed by atoms with Crippen molar-refractivity contribution in [1.29, 1.82) is 0 Å². The molecule has 0 unspecified atom stereocenters. The summed E-state index contributed by atoms with van der Waals surface area (Å²) < 4.78 is 5.06. The molecule has 0 radical (unpaired) electrons. The lowest BCUT2D eigenvalue weighted by atomic mass is 10.2. The number of hydrogen-bond donors (Lipinski definition) is 1. The van der Waals surface area contributed by atoms with Crippen molar-refractivity contribution in [1.82, 2.24) is 4.90 Å². The molecular weight excluding hydrogens is 425 g/mol. The second-order valence-electron chi connectivity index (χ2n) is 5.76. The second kappa shape index (κ2) is 8.68. The highest BCUT2D eigenvalue weighted by molar-refractivity contribution is 8.18. The van der Waals surface area contributed by atoms with Crippen LogP contribution in [0.3, 0.4) is 0 Å². The zero-order chi connectivity index (χ0) is 20.3. The summed E-state index contributed by atoms with van der Waals surface area (Å²) in [5.74, 6) is -1.09. The Morgan fingerprint density at radius 1 is 1.14 bits per heavy atom. The number of rotatable bonds is 6. The average molecular weight is 438 g/mol. The van der Waals surface area contributed by atoms with E-state index in [-0.39, 0.29) is 16.7 Å². The second-order valence-corrected chi connectivity index (χ2v) is 7.59. The van der Waals surface area contributed by atoms with E-state index in [0.29, 0.717) is 26.9 Å². The number of carboxylic acids is 1. The molecule has 1 saturated heterocycles. The van der Waals surface area contributed by atoms with Crippen LogP contribution in [0.5, 0.6) is 5.75 Å². The van der Waals surface area contributed by atoms with E-state index < -0.39 is 18.5 Å². The van der Waals surface area contributed by atoms with Gasteiger partial charge in [-0.05, 0) is 53.2 Å². The van der Waals surface area contributed by atoms with Gasteiger partial charge in [-0.2, -0.15) is 0 Å². The standard InChI is InChI=1S/C19H13Cl2NO5S/c20-13-4-3-12(15(21)8-13)9-22-18(25)16(28-19(22)26)7-11-1-5-14(6-2-11)27-10-17(23)24/h1-8H,9-10H2,(H,23,24)/b16-7-. The minimum Gasteiger partial charge on any atom is -0.482 e. The van der Waals surface area contributed by atoms with E-state index in [1.54, 1.807) is 48.5 Å². The predicted molar refractivity (Wildman–Crippen MR) is 108 cm³/mol. The zero-order valence-corrected chi connectivity index (χ0v) is 16.6. The molecule has 0 saturated carbocycles. The first-order chi connectivity index (χ1) is 13.3. The Morgan fingerprint density at radius 2 is 1.86 bits per heavy atom. The topological polar surface area (TPSA) is 83.9 Å². The molecule has 1 aliphatic heterocycles. The van der Waals surface area contributed by atoms with Gasteiger partial charge in [0.2, 0.25) is 0 Å². The van der Waals surface area contributed by atoms with Gasteiger partial charge in [0.05, 0.1) is 11.4 Å². The molecule has 2 aromatic carbocycles. The highest BCUT2D eigenvalue weighted by Crippen LogP contribution is 2.34. The molecule has 6 nitrogen and oxygen atoms in total. The molecule has 0 bridgehead atoms. The van der Waals surface area contributed by atoms with Crippen molar-refractivity contribution in [2.75, 3.05) is 6.61 Å². The average Bonchev–Trinajstić information content (AvgIpc) is 2.90. The van der Waals surface area contributed by atoms with Crippen molar-refractivity contribution < 1.29 is 24.2 Å². The summed E-state index contributed by atoms with van der Waals surface area (Å²) in [5.41, 5.74) is 1.30. The molecule has 144 valence electrons. The highest BCUT2D eigenvalue weighted by atomic mass is 35.5. The summed E-state index contributed by atoms with van der Waals surface area (Å²) in [4.78, 5) is 36.8. The molecule has 0 spiro atoms. The summed E-state index contributed by atoms with van der Waals surface area (Å²) >= 11 is 12.8. The summed E-state index contributed by atoms with van der Waals surface area (Å²) in [7, 11) is 0. The van der Waals surface area contributed by atoms with E-state index in [0.717, 1.165) is 16.7 Å². The van der Waals surface area contributed by atoms with Crippen LogP contribution in [0.4, 0.5) is 4.79 Å². The van der Waals surface area contributed by atoms with Gasteiger partial charge in [0.15, 0.2) is 6.61 Å². The van der Waals surface area contributed by atoms with Gasteiger partial charge < -0.3 is 9.84 Å². The summed E-state index contributed by atoms with van der Waals surface area (Å²) in [6.07, 6.45) is 1.59. The Labute approximate surface area is 174 Å². The number of nitrogens with zero attached hydrogens (tertiary/aromatic N) is 1. The number of aliphatic carboxylic acids is 1. The van der Waals surface area contributed by atoms with Gasteiger partial charge in [0.25, 0.3) is 11.1 Å². The maximum atomic E-state index is 12.6. The van der Waals surface area contributed by atoms with E-state index >= 15 is 0 Å². The number of hydrogen-bond acceptors (Lipinski definition) is 5. The number of thioether (sulfide) groups is 1. The zero-order valence-electron chi connectivity index (χ0n) is 14.2. The summed E-state index contributed by atoms with van der Waals surface area (Å²) in [5, 5.41) is 9.08. The lowest BCUT2D eigenvalue weighted by Crippen LogP contribution is -2.27. The van der Waals surface area contributed by atoms with E-state index in [1.807, 2.05) is 0 Å². The van der Waals surface area contributed by atoms with E-state index in [1.165, 1.54) is 0 Å². The first-order valence-electron chi connectivity index (χ1n) is 7.97. The maximum Gasteiger partial charge on any atom is 0.341 e. The molecule has 1 fully saturated rings. The van der Waals surface area contributed by atoms with E-state index in [4.69, 9.17) is 33.0 Å². The van der Waals surface area contributed by atoms with Gasteiger partial charge >= 0.3 is 5.97 Å². The highest BCUT2D eigenvalue weighted by Gasteiger charge is 2.35. The van der Waals surface area contributed by atoms with Crippen molar-refractivity contribution in [2.45, 2.75) is 6.54 Å². The smallest absolute Gasteiger partial charge is 0.341 e. The molecule has 0 atom stereocenters. The number of carboxylic acid groups (broad SMARTS) is 1. The van der Waals surface area contributed by atoms with Crippen molar-refractivity contribution >= 4 is 58.2 Å². The molecule has 2 amide bonds. The number of halogens is 2. The van der Waals surface area contributed by atoms with Gasteiger partial charge in [-0.25, -0.2) is 4.79 Å². The monoisotopic (exact) mass is 437 g/mol. The van der Waals surface area contributed by atoms with Crippen LogP contribution in [0.15, 0.2) is 47.4 Å². The van der Waals surface area contributed by atoms with Crippen LogP contribution in [-0.4, -0.2) is 33.7 Å². The number of amides is 2. The largest absolute Gasteiger partial charge is 0.482 e. The summed E-state index contributed by atoms with van der Waals surface area (Å²) in [6, 6.07) is 11.4. The van der Waals surface area contributed by atoms with Crippen LogP contribution in [0.1, 0.15) is 11.1 Å². The Bertz CT molecular complexity index is 975. The Balaban J connectivity index is 1.72. The Kier molecular flexibility index (Phi) is 6.28. The fraction of sp³-hybridized carbons (Fsp3) is 0.105. The minimum absolute atomic E-state index is 0.0555. The number of imide groups is 1. The van der Waals surface area contributed by atoms with Crippen LogP contribution in [0.25, 0.3) is 6.08 Å². The molecule has 1 heterocycles. The van der Waals surface area contributed by atoms with Crippen molar-refractivity contribution in [3.63, 3.8) is 0 Å². The molecule has 3 rings (SSSR count). The molecule has 1 aliphatic rings. The van der Waals surface area contributed by atoms with Crippen molar-refractivity contribution in [3.05, 3.63) is 68.5 Å². The van der Waals surface area contributed by atoms with Gasteiger partial charge in [0, 0.05) is 10.0 Å². The van der Waals surface area contributed by atoms with E-state index in [2.05, 4.69) is 0 Å². The number of ether oxygens (including phenoxy) is 1. The minimum atomic E-state index is -1.07. The quantitative estimate of drug-likeness (QED) is 0.659. The fourth-order valence-corrected chi connectivity index (χ4v) is 3.72. The van der Waals surface area contributed by atoms with Crippen LogP contribution in [0, 0.1) is 0 Å². The van der Waals surface area contributed by atoms with Crippen LogP contribution in [0.2, 0.25) is 10.0 Å². The first kappa shape index (κ1) is 20.3. The molecule has 0 aromatic heterocycles. The Hall–Kier alpha value is -2.48. The predicted octanol–water partition coefficient (Wildman–Crippen LogP) is 4.69. The lowest BCUT2D eigenvalue weighted by Gasteiger charge is -2.13. The Morgan fingerprint density at radius 3 is 2.50 bits per heavy atom. The van der Waals surface area contributed by atoms with E-state index in [9.17, 15) is 14.4 Å². The number of carbonyl (C=O) groups excluding carboxylic acids is 2. The SMILES string of the molecule is O=C(O)COc1ccc(/C=C2\SC(=O)N(Cc3ccc(Cl)cc3Cl)C2=O)cc1. The van der Waals surface area contributed by atoms with Crippen LogP contribution < -0.4 is 4.74 Å². The normalized spacial score (nSPS) is 15.4. The van der Waals surface area contributed by atoms with Crippen molar-refractivity contribution in [2.24, 2.45) is 0 Å². The van der Waals surface area contributed by atoms with Gasteiger partial charge in [-0.3, -0.25) is 14.5 Å². The third kappa shape index (κ3) is 4.86. The molecule has 9 heteroatoms. The third-order valence-electron chi connectivity index (χ3n) is 3.76. The van der Waals surface area contributed by atoms with Crippen LogP contribution >= 0.6 is 35.0 Å².